The number of benzene rings is 2. The maximum atomic E-state index is 13.5. The Labute approximate surface area is 193 Å². The van der Waals surface area contributed by atoms with Crippen molar-refractivity contribution in [1.82, 2.24) is 29.4 Å². The lowest BCUT2D eigenvalue weighted by Crippen LogP contribution is -2.34. The number of aromatic nitrogens is 5. The Morgan fingerprint density at radius 1 is 0.971 bits per heavy atom. The van der Waals surface area contributed by atoms with Gasteiger partial charge in [0.25, 0.3) is 5.56 Å². The third kappa shape index (κ3) is 3.99. The zero-order valence-corrected chi connectivity index (χ0v) is 18.4. The molecule has 0 bridgehead atoms. The maximum Gasteiger partial charge on any atom is 0.280 e. The predicted molar refractivity (Wildman–Crippen MR) is 125 cm³/mol. The third-order valence-corrected chi connectivity index (χ3v) is 5.47. The van der Waals surface area contributed by atoms with Gasteiger partial charge in [0.2, 0.25) is 5.91 Å². The van der Waals surface area contributed by atoms with Crippen LogP contribution in [0.1, 0.15) is 11.3 Å². The topological polar surface area (TPSA) is 86.7 Å². The maximum absolute atomic E-state index is 13.5. The summed E-state index contributed by atoms with van der Waals surface area (Å²) >= 11 is 0. The van der Waals surface area contributed by atoms with Crippen LogP contribution in [-0.4, -0.2) is 30.0 Å². The van der Waals surface area contributed by atoms with Crippen molar-refractivity contribution in [2.75, 3.05) is 0 Å². The highest BCUT2D eigenvalue weighted by Gasteiger charge is 2.22. The monoisotopic (exact) mass is 456 g/mol. The Balaban J connectivity index is 1.57. The van der Waals surface area contributed by atoms with Gasteiger partial charge in [0.15, 0.2) is 5.82 Å². The minimum atomic E-state index is -0.437. The van der Waals surface area contributed by atoms with E-state index in [4.69, 9.17) is 0 Å². The molecule has 3 aromatic heterocycles. The van der Waals surface area contributed by atoms with E-state index in [1.807, 2.05) is 42.5 Å². The molecule has 0 spiro atoms. The van der Waals surface area contributed by atoms with Crippen LogP contribution in [0.25, 0.3) is 22.4 Å². The van der Waals surface area contributed by atoms with E-state index in [0.29, 0.717) is 34.6 Å². The highest BCUT2D eigenvalue weighted by atomic mass is 19.1. The highest BCUT2D eigenvalue weighted by molar-refractivity contribution is 5.88. The zero-order valence-electron chi connectivity index (χ0n) is 18.4. The Morgan fingerprint density at radius 3 is 2.38 bits per heavy atom. The average Bonchev–Trinajstić information content (AvgIpc) is 3.50. The number of amides is 1. The molecule has 8 nitrogen and oxygen atoms in total. The van der Waals surface area contributed by atoms with Crippen LogP contribution in [0, 0.1) is 12.7 Å². The summed E-state index contributed by atoms with van der Waals surface area (Å²) in [5.74, 6) is -0.212. The number of nitrogens with zero attached hydrogens (tertiary/aromatic N) is 5. The minimum absolute atomic E-state index is 0.227. The fourth-order valence-electron chi connectivity index (χ4n) is 3.83. The Morgan fingerprint density at radius 2 is 1.68 bits per heavy atom. The molecule has 0 aliphatic heterocycles. The minimum Gasteiger partial charge on any atom is -0.350 e. The van der Waals surface area contributed by atoms with Gasteiger partial charge in [0.1, 0.15) is 23.3 Å². The average molecular weight is 456 g/mol. The van der Waals surface area contributed by atoms with Gasteiger partial charge in [-0.15, -0.1) is 0 Å². The first-order valence-corrected chi connectivity index (χ1v) is 10.7. The Hall–Kier alpha value is -4.53. The molecule has 2 aromatic carbocycles. The first kappa shape index (κ1) is 21.3. The van der Waals surface area contributed by atoms with Crippen molar-refractivity contribution in [2.24, 2.45) is 0 Å². The number of rotatable bonds is 6. The lowest BCUT2D eigenvalue weighted by atomic mass is 10.2. The van der Waals surface area contributed by atoms with E-state index < -0.39 is 5.56 Å². The summed E-state index contributed by atoms with van der Waals surface area (Å²) in [5.41, 5.74) is 2.02. The second-order valence-electron chi connectivity index (χ2n) is 7.84. The van der Waals surface area contributed by atoms with Crippen molar-refractivity contribution in [3.05, 3.63) is 107 Å². The van der Waals surface area contributed by atoms with Crippen LogP contribution in [0.4, 0.5) is 4.39 Å². The second-order valence-corrected chi connectivity index (χ2v) is 7.84. The van der Waals surface area contributed by atoms with Crippen LogP contribution in [0.3, 0.4) is 0 Å². The molecule has 0 aliphatic rings. The van der Waals surface area contributed by atoms with Crippen molar-refractivity contribution in [2.45, 2.75) is 20.0 Å². The predicted octanol–water partition coefficient (Wildman–Crippen LogP) is 3.14. The molecule has 5 aromatic rings. The molecule has 5 rings (SSSR count). The third-order valence-electron chi connectivity index (χ3n) is 5.47. The van der Waals surface area contributed by atoms with E-state index in [1.165, 1.54) is 12.1 Å². The molecule has 1 N–H and O–H groups in total. The van der Waals surface area contributed by atoms with Gasteiger partial charge in [0.05, 0.1) is 11.4 Å². The number of nitrogens with one attached hydrogen (secondary N) is 1. The van der Waals surface area contributed by atoms with Gasteiger partial charge >= 0.3 is 0 Å². The Bertz CT molecular complexity index is 1520. The fraction of sp³-hybridized carbons (Fsp3) is 0.120. The molecule has 0 unspecified atom stereocenters. The van der Waals surface area contributed by atoms with Gasteiger partial charge in [-0.3, -0.25) is 9.59 Å². The molecule has 3 heterocycles. The van der Waals surface area contributed by atoms with Crippen LogP contribution >= 0.6 is 0 Å². The Kier molecular flexibility index (Phi) is 5.51. The summed E-state index contributed by atoms with van der Waals surface area (Å²) < 4.78 is 18.0. The number of carbonyl (C=O) groups excluding carboxylic acids is 1. The van der Waals surface area contributed by atoms with E-state index in [0.717, 1.165) is 10.2 Å². The van der Waals surface area contributed by atoms with Gasteiger partial charge in [-0.25, -0.2) is 13.8 Å². The van der Waals surface area contributed by atoms with Crippen molar-refractivity contribution in [1.29, 1.82) is 0 Å². The standard InChI is InChI=1S/C25H21FN6O2/c1-17-23-22(25(34)31(28-17)16-21(33)27-15-18-7-3-2-4-8-18)24(30-13-5-6-14-30)32(29-23)20-11-9-19(26)10-12-20/h2-14H,15-16H2,1H3,(H,27,33). The van der Waals surface area contributed by atoms with E-state index in [1.54, 1.807) is 40.7 Å². The number of hydrogen-bond donors (Lipinski definition) is 1. The number of hydrogen-bond acceptors (Lipinski definition) is 4. The van der Waals surface area contributed by atoms with Gasteiger partial charge in [-0.05, 0) is 48.9 Å². The summed E-state index contributed by atoms with van der Waals surface area (Å²) in [6.45, 7) is 1.86. The van der Waals surface area contributed by atoms with Crippen LogP contribution in [-0.2, 0) is 17.9 Å². The zero-order chi connectivity index (χ0) is 23.7. The van der Waals surface area contributed by atoms with Crippen molar-refractivity contribution >= 4 is 16.8 Å². The summed E-state index contributed by atoms with van der Waals surface area (Å²) in [6.07, 6.45) is 3.59. The lowest BCUT2D eigenvalue weighted by Gasteiger charge is -2.10. The normalized spacial score (nSPS) is 11.1. The molecule has 34 heavy (non-hydrogen) atoms. The second kappa shape index (κ2) is 8.78. The van der Waals surface area contributed by atoms with Gasteiger partial charge < -0.3 is 9.88 Å². The molecular formula is C25H21FN6O2. The fourth-order valence-corrected chi connectivity index (χ4v) is 3.83. The molecule has 0 fully saturated rings. The first-order chi connectivity index (χ1) is 16.5. The van der Waals surface area contributed by atoms with Crippen molar-refractivity contribution in [3.8, 4) is 11.5 Å². The molecule has 1 amide bonds. The number of aryl methyl sites for hydroxylation is 1. The summed E-state index contributed by atoms with van der Waals surface area (Å²) in [6, 6.07) is 19.0. The summed E-state index contributed by atoms with van der Waals surface area (Å²) in [7, 11) is 0. The molecule has 170 valence electrons. The van der Waals surface area contributed by atoms with Gasteiger partial charge in [-0.1, -0.05) is 30.3 Å². The highest BCUT2D eigenvalue weighted by Crippen LogP contribution is 2.24. The van der Waals surface area contributed by atoms with E-state index in [2.05, 4.69) is 15.5 Å². The van der Waals surface area contributed by atoms with Gasteiger partial charge in [0, 0.05) is 18.9 Å². The van der Waals surface area contributed by atoms with Crippen LogP contribution in [0.15, 0.2) is 83.9 Å². The molecular weight excluding hydrogens is 435 g/mol. The molecule has 0 saturated heterocycles. The summed E-state index contributed by atoms with van der Waals surface area (Å²) in [4.78, 5) is 26.1. The van der Waals surface area contributed by atoms with E-state index in [-0.39, 0.29) is 18.3 Å². The van der Waals surface area contributed by atoms with Crippen molar-refractivity contribution in [3.63, 3.8) is 0 Å². The molecule has 9 heteroatoms. The largest absolute Gasteiger partial charge is 0.350 e. The number of carbonyl (C=O) groups is 1. The van der Waals surface area contributed by atoms with Crippen LogP contribution in [0.5, 0.6) is 0 Å². The smallest absolute Gasteiger partial charge is 0.280 e. The molecule has 0 atom stereocenters. The quantitative estimate of drug-likeness (QED) is 0.425. The van der Waals surface area contributed by atoms with Crippen LogP contribution in [0.2, 0.25) is 0 Å². The number of fused-ring (bicyclic) bond motifs is 1. The molecule has 0 radical (unpaired) electrons. The van der Waals surface area contributed by atoms with Crippen LogP contribution < -0.4 is 10.9 Å². The van der Waals surface area contributed by atoms with E-state index in [9.17, 15) is 14.0 Å². The summed E-state index contributed by atoms with van der Waals surface area (Å²) in [5, 5.41) is 12.1. The van der Waals surface area contributed by atoms with Gasteiger partial charge in [-0.2, -0.15) is 10.2 Å². The molecule has 0 saturated carbocycles. The first-order valence-electron chi connectivity index (χ1n) is 10.7. The number of halogens is 1. The lowest BCUT2D eigenvalue weighted by molar-refractivity contribution is -0.122. The SMILES string of the molecule is Cc1nn(CC(=O)NCc2ccccc2)c(=O)c2c(-n3cccc3)n(-c3ccc(F)cc3)nc12. The van der Waals surface area contributed by atoms with Crippen molar-refractivity contribution < 1.29 is 9.18 Å². The van der Waals surface area contributed by atoms with E-state index >= 15 is 0 Å². The molecule has 0 aliphatic carbocycles.